The fourth-order valence-electron chi connectivity index (χ4n) is 2.50. The molecule has 2 aromatic rings. The summed E-state index contributed by atoms with van der Waals surface area (Å²) in [6, 6.07) is 8.35. The van der Waals surface area contributed by atoms with E-state index in [2.05, 4.69) is 25.9 Å². The van der Waals surface area contributed by atoms with Crippen LogP contribution in [0.15, 0.2) is 29.3 Å². The van der Waals surface area contributed by atoms with Crippen molar-refractivity contribution in [2.24, 2.45) is 10.7 Å². The molecule has 0 saturated carbocycles. The zero-order chi connectivity index (χ0) is 15.9. The van der Waals surface area contributed by atoms with Crippen LogP contribution >= 0.6 is 0 Å². The van der Waals surface area contributed by atoms with Gasteiger partial charge in [0, 0.05) is 26.2 Å². The second-order valence-corrected chi connectivity index (χ2v) is 5.42. The normalized spacial score (nSPS) is 13.5. The molecule has 2 rings (SSSR count). The Bertz CT molecular complexity index is 634. The Kier molecular flexibility index (Phi) is 5.77. The maximum absolute atomic E-state index is 5.85. The number of nitrogens with two attached hydrogens (primary N) is 1. The third kappa shape index (κ3) is 4.21. The van der Waals surface area contributed by atoms with Gasteiger partial charge in [0.05, 0.1) is 17.6 Å². The number of methoxy groups -OCH3 is 1. The van der Waals surface area contributed by atoms with Gasteiger partial charge in [0.25, 0.3) is 0 Å². The zero-order valence-corrected chi connectivity index (χ0v) is 13.5. The van der Waals surface area contributed by atoms with E-state index >= 15 is 0 Å². The van der Waals surface area contributed by atoms with E-state index in [1.807, 2.05) is 32.0 Å². The van der Waals surface area contributed by atoms with Crippen molar-refractivity contribution in [2.45, 2.75) is 32.9 Å². The van der Waals surface area contributed by atoms with E-state index in [0.29, 0.717) is 19.1 Å². The van der Waals surface area contributed by atoms with Crippen LogP contribution in [0.4, 0.5) is 0 Å². The van der Waals surface area contributed by atoms with Gasteiger partial charge < -0.3 is 20.4 Å². The second kappa shape index (κ2) is 7.79. The number of aryl methyl sites for hydroxylation is 2. The number of imidazole rings is 1. The Balaban J connectivity index is 1.86. The molecule has 0 aliphatic rings. The van der Waals surface area contributed by atoms with Gasteiger partial charge >= 0.3 is 0 Å². The smallest absolute Gasteiger partial charge is 0.188 e. The number of aliphatic imine (C=N–C) groups is 1. The largest absolute Gasteiger partial charge is 0.383 e. The molecule has 0 spiro atoms. The lowest BCUT2D eigenvalue weighted by molar-refractivity contribution is 0.179. The molecule has 3 N–H and O–H groups in total. The number of hydrogen-bond acceptors (Lipinski definition) is 3. The Morgan fingerprint density at radius 3 is 3.00 bits per heavy atom. The fraction of sp³-hybridized carbons (Fsp3) is 0.500. The van der Waals surface area contributed by atoms with Gasteiger partial charge in [-0.15, -0.1) is 0 Å². The molecule has 0 aliphatic heterocycles. The summed E-state index contributed by atoms with van der Waals surface area (Å²) in [6.45, 7) is 6.22. The summed E-state index contributed by atoms with van der Waals surface area (Å²) in [6.07, 6.45) is 0.919. The molecule has 0 amide bonds. The number of nitrogens with one attached hydrogen (secondary N) is 1. The summed E-state index contributed by atoms with van der Waals surface area (Å²) in [4.78, 5) is 8.91. The lowest BCUT2D eigenvalue weighted by atomic mass is 10.3. The van der Waals surface area contributed by atoms with Crippen LogP contribution in [0.2, 0.25) is 0 Å². The highest BCUT2D eigenvalue weighted by Gasteiger charge is 2.06. The molecule has 1 unspecified atom stereocenters. The number of benzene rings is 1. The number of guanidine groups is 1. The van der Waals surface area contributed by atoms with Gasteiger partial charge in [-0.2, -0.15) is 0 Å². The maximum atomic E-state index is 5.85. The topological polar surface area (TPSA) is 77.5 Å². The number of rotatable bonds is 7. The van der Waals surface area contributed by atoms with Gasteiger partial charge in [0.2, 0.25) is 0 Å². The summed E-state index contributed by atoms with van der Waals surface area (Å²) < 4.78 is 7.27. The molecular formula is C16H25N5O. The van der Waals surface area contributed by atoms with Crippen molar-refractivity contribution < 1.29 is 4.74 Å². The van der Waals surface area contributed by atoms with Gasteiger partial charge in [0.15, 0.2) is 5.96 Å². The van der Waals surface area contributed by atoms with E-state index in [0.717, 1.165) is 24.3 Å². The predicted molar refractivity (Wildman–Crippen MR) is 90.1 cm³/mol. The molecule has 6 nitrogen and oxygen atoms in total. The van der Waals surface area contributed by atoms with Gasteiger partial charge in [0.1, 0.15) is 5.82 Å². The molecule has 0 saturated heterocycles. The minimum absolute atomic E-state index is 0.161. The van der Waals surface area contributed by atoms with E-state index in [9.17, 15) is 0 Å². The first-order chi connectivity index (χ1) is 10.6. The Morgan fingerprint density at radius 2 is 2.23 bits per heavy atom. The van der Waals surface area contributed by atoms with Crippen LogP contribution < -0.4 is 11.1 Å². The summed E-state index contributed by atoms with van der Waals surface area (Å²) in [5.74, 6) is 1.50. The first-order valence-corrected chi connectivity index (χ1v) is 7.59. The molecular weight excluding hydrogens is 278 g/mol. The summed E-state index contributed by atoms with van der Waals surface area (Å²) in [7, 11) is 1.67. The predicted octanol–water partition coefficient (Wildman–Crippen LogP) is 1.67. The van der Waals surface area contributed by atoms with E-state index in [1.54, 1.807) is 7.11 Å². The van der Waals surface area contributed by atoms with Gasteiger partial charge in [-0.05, 0) is 32.4 Å². The molecule has 120 valence electrons. The lowest BCUT2D eigenvalue weighted by Crippen LogP contribution is -2.40. The van der Waals surface area contributed by atoms with E-state index in [4.69, 9.17) is 10.5 Å². The van der Waals surface area contributed by atoms with Crippen LogP contribution in [0.1, 0.15) is 19.2 Å². The minimum Gasteiger partial charge on any atom is -0.383 e. The number of aromatic nitrogens is 2. The lowest BCUT2D eigenvalue weighted by Gasteiger charge is -2.13. The summed E-state index contributed by atoms with van der Waals surface area (Å²) in [5, 5.41) is 3.10. The molecule has 1 heterocycles. The number of para-hydroxylation sites is 2. The van der Waals surface area contributed by atoms with E-state index < -0.39 is 0 Å². The van der Waals surface area contributed by atoms with Crippen LogP contribution in [0.3, 0.4) is 0 Å². The number of nitrogens with zero attached hydrogens (tertiary/aromatic N) is 3. The average Bonchev–Trinajstić information content (AvgIpc) is 2.79. The summed E-state index contributed by atoms with van der Waals surface area (Å²) >= 11 is 0. The Morgan fingerprint density at radius 1 is 1.45 bits per heavy atom. The van der Waals surface area contributed by atoms with Crippen molar-refractivity contribution in [1.82, 2.24) is 14.9 Å². The second-order valence-electron chi connectivity index (χ2n) is 5.42. The van der Waals surface area contributed by atoms with Crippen LogP contribution in [-0.4, -0.2) is 41.8 Å². The Hall–Kier alpha value is -2.08. The highest BCUT2D eigenvalue weighted by molar-refractivity contribution is 5.78. The standard InChI is InChI=1S/C16H25N5O/c1-12(11-22-3)19-16(17)18-9-6-10-21-13(2)20-14-7-4-5-8-15(14)21/h4-5,7-8,12H,6,9-11H2,1-3H3,(H3,17,18,19). The van der Waals surface area contributed by atoms with Gasteiger partial charge in [-0.3, -0.25) is 4.99 Å². The maximum Gasteiger partial charge on any atom is 0.188 e. The number of hydrogen-bond donors (Lipinski definition) is 2. The average molecular weight is 303 g/mol. The Labute approximate surface area is 131 Å². The van der Waals surface area contributed by atoms with Crippen LogP contribution in [0.5, 0.6) is 0 Å². The van der Waals surface area contributed by atoms with Crippen molar-refractivity contribution in [2.75, 3.05) is 20.3 Å². The quantitative estimate of drug-likeness (QED) is 0.463. The van der Waals surface area contributed by atoms with Gasteiger partial charge in [-0.1, -0.05) is 12.1 Å². The molecule has 1 atom stereocenters. The van der Waals surface area contributed by atoms with Crippen molar-refractivity contribution in [3.8, 4) is 0 Å². The fourth-order valence-corrected chi connectivity index (χ4v) is 2.50. The molecule has 0 bridgehead atoms. The van der Waals surface area contributed by atoms with Crippen molar-refractivity contribution in [3.05, 3.63) is 30.1 Å². The first-order valence-electron chi connectivity index (χ1n) is 7.59. The first kappa shape index (κ1) is 16.3. The summed E-state index contributed by atoms with van der Waals surface area (Å²) in [5.41, 5.74) is 8.06. The molecule has 6 heteroatoms. The highest BCUT2D eigenvalue weighted by Crippen LogP contribution is 2.15. The van der Waals surface area contributed by atoms with E-state index in [1.165, 1.54) is 5.52 Å². The third-order valence-corrected chi connectivity index (χ3v) is 3.48. The van der Waals surface area contributed by atoms with Crippen molar-refractivity contribution in [1.29, 1.82) is 0 Å². The van der Waals surface area contributed by atoms with Crippen LogP contribution in [0.25, 0.3) is 11.0 Å². The van der Waals surface area contributed by atoms with Crippen LogP contribution in [-0.2, 0) is 11.3 Å². The molecule has 22 heavy (non-hydrogen) atoms. The molecule has 1 aromatic heterocycles. The van der Waals surface area contributed by atoms with Crippen molar-refractivity contribution >= 4 is 17.0 Å². The van der Waals surface area contributed by atoms with Crippen LogP contribution in [0, 0.1) is 6.92 Å². The third-order valence-electron chi connectivity index (χ3n) is 3.48. The molecule has 1 aromatic carbocycles. The molecule has 0 fully saturated rings. The van der Waals surface area contributed by atoms with Gasteiger partial charge in [-0.25, -0.2) is 4.98 Å². The minimum atomic E-state index is 0.161. The van der Waals surface area contributed by atoms with E-state index in [-0.39, 0.29) is 6.04 Å². The SMILES string of the molecule is COCC(C)NC(N)=NCCCn1c(C)nc2ccccc21. The molecule has 0 aliphatic carbocycles. The molecule has 0 radical (unpaired) electrons. The van der Waals surface area contributed by atoms with Crippen molar-refractivity contribution in [3.63, 3.8) is 0 Å². The zero-order valence-electron chi connectivity index (χ0n) is 13.5. The highest BCUT2D eigenvalue weighted by atomic mass is 16.5. The number of fused-ring (bicyclic) bond motifs is 1. The monoisotopic (exact) mass is 303 g/mol. The number of ether oxygens (including phenoxy) is 1.